The van der Waals surface area contributed by atoms with Gasteiger partial charge in [0, 0.05) is 9.35 Å². The highest BCUT2D eigenvalue weighted by Crippen LogP contribution is 2.36. The summed E-state index contributed by atoms with van der Waals surface area (Å²) in [5.41, 5.74) is 6.94. The minimum Gasteiger partial charge on any atom is -0.317 e. The van der Waals surface area contributed by atoms with Gasteiger partial charge in [0.25, 0.3) is 0 Å². The fourth-order valence-corrected chi connectivity index (χ4v) is 3.42. The van der Waals surface area contributed by atoms with Gasteiger partial charge in [0.15, 0.2) is 0 Å². The lowest BCUT2D eigenvalue weighted by atomic mass is 9.92. The van der Waals surface area contributed by atoms with E-state index in [4.69, 9.17) is 17.3 Å². The molecule has 0 spiro atoms. The summed E-state index contributed by atoms with van der Waals surface area (Å²) >= 11 is 11.0. The molecule has 0 saturated carbocycles. The Balaban J connectivity index is 2.50. The Bertz CT molecular complexity index is 507. The summed E-state index contributed by atoms with van der Waals surface area (Å²) < 4.78 is 1.78. The molecule has 2 rings (SSSR count). The van der Waals surface area contributed by atoms with Crippen molar-refractivity contribution < 1.29 is 0 Å². The lowest BCUT2D eigenvalue weighted by Gasteiger charge is -2.25. The number of nitrogens with two attached hydrogens (primary N) is 1. The van der Waals surface area contributed by atoms with Crippen molar-refractivity contribution in [2.45, 2.75) is 12.5 Å². The number of benzene rings is 1. The van der Waals surface area contributed by atoms with E-state index in [1.54, 1.807) is 0 Å². The quantitative estimate of drug-likeness (QED) is 0.874. The Morgan fingerprint density at radius 2 is 1.94 bits per heavy atom. The first-order valence-corrected chi connectivity index (χ1v) is 6.80. The Hall–Kier alpha value is -0.350. The van der Waals surface area contributed by atoms with Crippen molar-refractivity contribution in [2.24, 2.45) is 5.73 Å². The highest BCUT2D eigenvalue weighted by Gasteiger charge is 2.27. The van der Waals surface area contributed by atoms with Crippen molar-refractivity contribution in [3.8, 4) is 0 Å². The van der Waals surface area contributed by atoms with E-state index in [0.717, 1.165) is 19.2 Å². The van der Waals surface area contributed by atoms with E-state index in [1.807, 2.05) is 43.3 Å². The SMILES string of the molecule is CC(N)(c1ccc(Cl)s1)c1ccccc1Br. The van der Waals surface area contributed by atoms with Gasteiger partial charge in [-0.25, -0.2) is 0 Å². The first-order chi connectivity index (χ1) is 7.51. The minimum absolute atomic E-state index is 0.516. The zero-order valence-electron chi connectivity index (χ0n) is 8.71. The lowest BCUT2D eigenvalue weighted by Crippen LogP contribution is -2.33. The van der Waals surface area contributed by atoms with Crippen LogP contribution in [-0.2, 0) is 5.54 Å². The van der Waals surface area contributed by atoms with E-state index in [2.05, 4.69) is 15.9 Å². The van der Waals surface area contributed by atoms with Gasteiger partial charge in [0.1, 0.15) is 0 Å². The van der Waals surface area contributed by atoms with Gasteiger partial charge in [-0.3, -0.25) is 0 Å². The maximum atomic E-state index is 6.40. The molecule has 0 bridgehead atoms. The van der Waals surface area contributed by atoms with Gasteiger partial charge in [-0.15, -0.1) is 11.3 Å². The summed E-state index contributed by atoms with van der Waals surface area (Å²) in [5, 5.41) is 0. The molecule has 1 unspecified atom stereocenters. The van der Waals surface area contributed by atoms with Crippen LogP contribution >= 0.6 is 38.9 Å². The second-order valence-corrected chi connectivity index (χ2v) is 6.36. The maximum Gasteiger partial charge on any atom is 0.0932 e. The molecule has 0 fully saturated rings. The average molecular weight is 317 g/mol. The largest absolute Gasteiger partial charge is 0.317 e. The molecule has 1 aromatic heterocycles. The molecule has 2 N–H and O–H groups in total. The standard InChI is InChI=1S/C12H11BrClNS/c1-12(15,10-6-7-11(14)16-10)8-4-2-3-5-9(8)13/h2-7H,15H2,1H3. The van der Waals surface area contributed by atoms with Gasteiger partial charge < -0.3 is 5.73 Å². The summed E-state index contributed by atoms with van der Waals surface area (Å²) in [4.78, 5) is 1.06. The zero-order valence-corrected chi connectivity index (χ0v) is 11.9. The van der Waals surface area contributed by atoms with E-state index in [0.29, 0.717) is 0 Å². The number of halogens is 2. The molecule has 1 atom stereocenters. The van der Waals surface area contributed by atoms with Gasteiger partial charge in [-0.1, -0.05) is 45.7 Å². The smallest absolute Gasteiger partial charge is 0.0932 e. The second kappa shape index (κ2) is 4.49. The van der Waals surface area contributed by atoms with Crippen LogP contribution in [0, 0.1) is 0 Å². The molecule has 0 amide bonds. The average Bonchev–Trinajstić information content (AvgIpc) is 2.66. The molecular formula is C12H11BrClNS. The first-order valence-electron chi connectivity index (χ1n) is 4.81. The van der Waals surface area contributed by atoms with Crippen LogP contribution in [0.4, 0.5) is 0 Å². The van der Waals surface area contributed by atoms with Crippen molar-refractivity contribution in [1.82, 2.24) is 0 Å². The molecule has 1 nitrogen and oxygen atoms in total. The van der Waals surface area contributed by atoms with Crippen molar-refractivity contribution in [3.05, 3.63) is 55.6 Å². The molecule has 0 aliphatic heterocycles. The second-order valence-electron chi connectivity index (χ2n) is 3.79. The first kappa shape index (κ1) is 12.1. The molecule has 16 heavy (non-hydrogen) atoms. The van der Waals surface area contributed by atoms with E-state index < -0.39 is 5.54 Å². The number of rotatable bonds is 2. The fraction of sp³-hybridized carbons (Fsp3) is 0.167. The topological polar surface area (TPSA) is 26.0 Å². The Morgan fingerprint density at radius 1 is 1.25 bits per heavy atom. The van der Waals surface area contributed by atoms with Gasteiger partial charge in [0.2, 0.25) is 0 Å². The molecule has 84 valence electrons. The van der Waals surface area contributed by atoms with E-state index in [-0.39, 0.29) is 0 Å². The third-order valence-corrected chi connectivity index (χ3v) is 4.68. The summed E-state index contributed by atoms with van der Waals surface area (Å²) in [7, 11) is 0. The van der Waals surface area contributed by atoms with Crippen LogP contribution in [0.25, 0.3) is 0 Å². The summed E-state index contributed by atoms with van der Waals surface area (Å²) in [6, 6.07) is 11.8. The highest BCUT2D eigenvalue weighted by atomic mass is 79.9. The number of hydrogen-bond donors (Lipinski definition) is 1. The Kier molecular flexibility index (Phi) is 3.40. The van der Waals surface area contributed by atoms with Crippen LogP contribution in [0.5, 0.6) is 0 Å². The van der Waals surface area contributed by atoms with Gasteiger partial charge in [-0.05, 0) is 30.7 Å². The number of thiophene rings is 1. The third kappa shape index (κ3) is 2.18. The van der Waals surface area contributed by atoms with E-state index in [9.17, 15) is 0 Å². The molecule has 1 heterocycles. The molecule has 2 aromatic rings. The van der Waals surface area contributed by atoms with Crippen LogP contribution in [0.3, 0.4) is 0 Å². The van der Waals surface area contributed by atoms with Crippen LogP contribution < -0.4 is 5.73 Å². The molecule has 0 aliphatic carbocycles. The summed E-state index contributed by atoms with van der Waals surface area (Å²) in [5.74, 6) is 0. The van der Waals surface area contributed by atoms with Crippen LogP contribution in [0.2, 0.25) is 4.34 Å². The van der Waals surface area contributed by atoms with Crippen molar-refractivity contribution in [3.63, 3.8) is 0 Å². The van der Waals surface area contributed by atoms with E-state index in [1.165, 1.54) is 11.3 Å². The van der Waals surface area contributed by atoms with Crippen LogP contribution in [0.1, 0.15) is 17.4 Å². The molecule has 4 heteroatoms. The minimum atomic E-state index is -0.516. The van der Waals surface area contributed by atoms with Crippen molar-refractivity contribution in [1.29, 1.82) is 0 Å². The third-order valence-electron chi connectivity index (χ3n) is 2.52. The fourth-order valence-electron chi connectivity index (χ4n) is 1.61. The number of hydrogen-bond acceptors (Lipinski definition) is 2. The van der Waals surface area contributed by atoms with Crippen LogP contribution in [-0.4, -0.2) is 0 Å². The molecular weight excluding hydrogens is 306 g/mol. The molecule has 0 radical (unpaired) electrons. The van der Waals surface area contributed by atoms with Gasteiger partial charge >= 0.3 is 0 Å². The predicted octanol–water partition coefficient (Wildman–Crippen LogP) is 4.39. The normalized spacial score (nSPS) is 14.8. The molecule has 0 aliphatic rings. The van der Waals surface area contributed by atoms with Crippen molar-refractivity contribution >= 4 is 38.9 Å². The summed E-state index contributed by atoms with van der Waals surface area (Å²) in [6.45, 7) is 2.00. The Morgan fingerprint density at radius 3 is 2.50 bits per heavy atom. The molecule has 0 saturated heterocycles. The molecule has 1 aromatic carbocycles. The van der Waals surface area contributed by atoms with Crippen molar-refractivity contribution in [2.75, 3.05) is 0 Å². The van der Waals surface area contributed by atoms with Gasteiger partial charge in [0.05, 0.1) is 9.88 Å². The van der Waals surface area contributed by atoms with Crippen LogP contribution in [0.15, 0.2) is 40.9 Å². The lowest BCUT2D eigenvalue weighted by molar-refractivity contribution is 0.613. The highest BCUT2D eigenvalue weighted by molar-refractivity contribution is 9.10. The zero-order chi connectivity index (χ0) is 11.8. The predicted molar refractivity (Wildman–Crippen MR) is 74.1 cm³/mol. The Labute approximate surface area is 112 Å². The summed E-state index contributed by atoms with van der Waals surface area (Å²) in [6.07, 6.45) is 0. The monoisotopic (exact) mass is 315 g/mol. The maximum absolute atomic E-state index is 6.40. The van der Waals surface area contributed by atoms with E-state index >= 15 is 0 Å². The van der Waals surface area contributed by atoms with Gasteiger partial charge in [-0.2, -0.15) is 0 Å².